The molecule has 1 unspecified atom stereocenters. The van der Waals surface area contributed by atoms with Crippen LogP contribution in [-0.2, 0) is 11.3 Å². The molecular formula is C12H19N3O. The van der Waals surface area contributed by atoms with Gasteiger partial charge >= 0.3 is 0 Å². The molecule has 0 spiro atoms. The van der Waals surface area contributed by atoms with Gasteiger partial charge in [0, 0.05) is 12.7 Å². The van der Waals surface area contributed by atoms with Crippen molar-refractivity contribution in [3.05, 3.63) is 29.6 Å². The fraction of sp³-hybridized carbons (Fsp3) is 0.500. The maximum absolute atomic E-state index is 11.2. The number of nitrogens with one attached hydrogen (secondary N) is 1. The maximum atomic E-state index is 11.2. The molecule has 0 fully saturated rings. The van der Waals surface area contributed by atoms with E-state index in [-0.39, 0.29) is 17.9 Å². The van der Waals surface area contributed by atoms with Crippen LogP contribution in [0, 0.1) is 12.8 Å². The minimum atomic E-state index is -0.317. The van der Waals surface area contributed by atoms with E-state index >= 15 is 0 Å². The topological polar surface area (TPSA) is 68.0 Å². The van der Waals surface area contributed by atoms with Crippen LogP contribution in [0.2, 0.25) is 0 Å². The summed E-state index contributed by atoms with van der Waals surface area (Å²) in [5.41, 5.74) is 7.34. The largest absolute Gasteiger partial charge is 0.368 e. The van der Waals surface area contributed by atoms with E-state index in [2.05, 4.69) is 10.3 Å². The van der Waals surface area contributed by atoms with Gasteiger partial charge in [0.25, 0.3) is 0 Å². The van der Waals surface area contributed by atoms with Crippen LogP contribution in [0.15, 0.2) is 18.3 Å². The minimum absolute atomic E-state index is 0.183. The van der Waals surface area contributed by atoms with Crippen molar-refractivity contribution in [3.63, 3.8) is 0 Å². The number of carbonyl (C=O) groups is 1. The van der Waals surface area contributed by atoms with Gasteiger partial charge in [0.2, 0.25) is 5.91 Å². The van der Waals surface area contributed by atoms with Crippen molar-refractivity contribution in [2.75, 3.05) is 0 Å². The highest BCUT2D eigenvalue weighted by molar-refractivity contribution is 5.80. The molecule has 4 nitrogen and oxygen atoms in total. The summed E-state index contributed by atoms with van der Waals surface area (Å²) >= 11 is 0. The Bertz CT molecular complexity index is 346. The molecule has 16 heavy (non-hydrogen) atoms. The Labute approximate surface area is 96.3 Å². The molecule has 0 radical (unpaired) electrons. The average molecular weight is 221 g/mol. The van der Waals surface area contributed by atoms with Crippen LogP contribution in [0.25, 0.3) is 0 Å². The van der Waals surface area contributed by atoms with E-state index in [4.69, 9.17) is 5.73 Å². The van der Waals surface area contributed by atoms with Crippen molar-refractivity contribution in [3.8, 4) is 0 Å². The zero-order chi connectivity index (χ0) is 12.1. The summed E-state index contributed by atoms with van der Waals surface area (Å²) < 4.78 is 0. The Kier molecular flexibility index (Phi) is 4.43. The molecule has 0 aliphatic rings. The number of pyridine rings is 1. The molecule has 0 aromatic carbocycles. The van der Waals surface area contributed by atoms with Gasteiger partial charge in [-0.25, -0.2) is 0 Å². The van der Waals surface area contributed by atoms with Gasteiger partial charge in [-0.3, -0.25) is 15.1 Å². The number of aromatic nitrogens is 1. The number of nitrogens with zero attached hydrogens (tertiary/aromatic N) is 1. The Hall–Kier alpha value is -1.42. The number of aryl methyl sites for hydroxylation is 1. The van der Waals surface area contributed by atoms with Crippen LogP contribution in [0.1, 0.15) is 25.1 Å². The summed E-state index contributed by atoms with van der Waals surface area (Å²) in [6.45, 7) is 6.48. The third-order valence-corrected chi connectivity index (χ3v) is 2.45. The molecule has 88 valence electrons. The average Bonchev–Trinajstić information content (AvgIpc) is 2.20. The first kappa shape index (κ1) is 12.6. The van der Waals surface area contributed by atoms with Crippen molar-refractivity contribution >= 4 is 5.91 Å². The Morgan fingerprint density at radius 1 is 1.50 bits per heavy atom. The van der Waals surface area contributed by atoms with Crippen molar-refractivity contribution in [2.24, 2.45) is 11.7 Å². The van der Waals surface area contributed by atoms with E-state index in [0.717, 1.165) is 11.3 Å². The number of hydrogen-bond donors (Lipinski definition) is 2. The van der Waals surface area contributed by atoms with Gasteiger partial charge < -0.3 is 5.73 Å². The highest BCUT2D eigenvalue weighted by Crippen LogP contribution is 2.03. The minimum Gasteiger partial charge on any atom is -0.368 e. The predicted octanol–water partition coefficient (Wildman–Crippen LogP) is 0.990. The summed E-state index contributed by atoms with van der Waals surface area (Å²) in [5, 5.41) is 3.12. The summed E-state index contributed by atoms with van der Waals surface area (Å²) in [4.78, 5) is 15.4. The first-order chi connectivity index (χ1) is 7.50. The van der Waals surface area contributed by atoms with Crippen LogP contribution in [0.3, 0.4) is 0 Å². The van der Waals surface area contributed by atoms with E-state index in [0.29, 0.717) is 6.54 Å². The van der Waals surface area contributed by atoms with E-state index in [1.807, 2.05) is 39.1 Å². The van der Waals surface area contributed by atoms with Crippen molar-refractivity contribution < 1.29 is 4.79 Å². The molecule has 1 atom stereocenters. The van der Waals surface area contributed by atoms with Gasteiger partial charge in [0.15, 0.2) is 0 Å². The summed E-state index contributed by atoms with van der Waals surface area (Å²) in [7, 11) is 0. The van der Waals surface area contributed by atoms with Crippen molar-refractivity contribution in [1.29, 1.82) is 0 Å². The zero-order valence-corrected chi connectivity index (χ0v) is 10.0. The van der Waals surface area contributed by atoms with Crippen LogP contribution < -0.4 is 11.1 Å². The summed E-state index contributed by atoms with van der Waals surface area (Å²) in [6.07, 6.45) is 1.81. The SMILES string of the molecule is Cc1ccc(CNC(C(N)=O)C(C)C)nc1. The van der Waals surface area contributed by atoms with Gasteiger partial charge in [-0.2, -0.15) is 0 Å². The smallest absolute Gasteiger partial charge is 0.234 e. The number of rotatable bonds is 5. The Balaban J connectivity index is 2.55. The van der Waals surface area contributed by atoms with E-state index in [1.54, 1.807) is 0 Å². The first-order valence-electron chi connectivity index (χ1n) is 5.45. The standard InChI is InChI=1S/C12H19N3O/c1-8(2)11(12(13)16)15-7-10-5-4-9(3)6-14-10/h4-6,8,11,15H,7H2,1-3H3,(H2,13,16). The van der Waals surface area contributed by atoms with Crippen molar-refractivity contribution in [1.82, 2.24) is 10.3 Å². The van der Waals surface area contributed by atoms with Crippen LogP contribution in [0.4, 0.5) is 0 Å². The maximum Gasteiger partial charge on any atom is 0.234 e. The third-order valence-electron chi connectivity index (χ3n) is 2.45. The van der Waals surface area contributed by atoms with Crippen LogP contribution in [-0.4, -0.2) is 16.9 Å². The summed E-state index contributed by atoms with van der Waals surface area (Å²) in [6, 6.07) is 3.64. The molecule has 1 amide bonds. The number of carbonyl (C=O) groups excluding carboxylic acids is 1. The Morgan fingerprint density at radius 3 is 2.62 bits per heavy atom. The van der Waals surface area contributed by atoms with Gasteiger partial charge in [-0.05, 0) is 24.5 Å². The lowest BCUT2D eigenvalue weighted by Gasteiger charge is -2.18. The number of hydrogen-bond acceptors (Lipinski definition) is 3. The Morgan fingerprint density at radius 2 is 2.19 bits per heavy atom. The quantitative estimate of drug-likeness (QED) is 0.779. The van der Waals surface area contributed by atoms with Gasteiger partial charge in [-0.15, -0.1) is 0 Å². The second-order valence-electron chi connectivity index (χ2n) is 4.33. The molecule has 3 N–H and O–H groups in total. The lowest BCUT2D eigenvalue weighted by Crippen LogP contribution is -2.44. The lowest BCUT2D eigenvalue weighted by molar-refractivity contribution is -0.121. The highest BCUT2D eigenvalue weighted by atomic mass is 16.1. The van der Waals surface area contributed by atoms with Crippen LogP contribution in [0.5, 0.6) is 0 Å². The second kappa shape index (κ2) is 5.61. The van der Waals surface area contributed by atoms with E-state index in [9.17, 15) is 4.79 Å². The molecule has 0 saturated heterocycles. The molecular weight excluding hydrogens is 202 g/mol. The number of amides is 1. The number of primary amides is 1. The third kappa shape index (κ3) is 3.62. The molecule has 1 aromatic heterocycles. The highest BCUT2D eigenvalue weighted by Gasteiger charge is 2.18. The number of nitrogens with two attached hydrogens (primary N) is 1. The fourth-order valence-electron chi connectivity index (χ4n) is 1.48. The van der Waals surface area contributed by atoms with Gasteiger partial charge in [-0.1, -0.05) is 19.9 Å². The molecule has 1 aromatic rings. The molecule has 1 heterocycles. The molecule has 0 bridgehead atoms. The second-order valence-corrected chi connectivity index (χ2v) is 4.33. The van der Waals surface area contributed by atoms with E-state index in [1.165, 1.54) is 0 Å². The summed E-state index contributed by atoms with van der Waals surface area (Å²) in [5.74, 6) is -0.134. The molecule has 1 rings (SSSR count). The monoisotopic (exact) mass is 221 g/mol. The normalized spacial score (nSPS) is 12.8. The molecule has 0 aliphatic carbocycles. The van der Waals surface area contributed by atoms with E-state index < -0.39 is 0 Å². The first-order valence-corrected chi connectivity index (χ1v) is 5.45. The molecule has 0 aliphatic heterocycles. The fourth-order valence-corrected chi connectivity index (χ4v) is 1.48. The lowest BCUT2D eigenvalue weighted by atomic mass is 10.0. The van der Waals surface area contributed by atoms with Gasteiger partial charge in [0.05, 0.1) is 11.7 Å². The molecule has 0 saturated carbocycles. The zero-order valence-electron chi connectivity index (χ0n) is 10.0. The van der Waals surface area contributed by atoms with Gasteiger partial charge in [0.1, 0.15) is 0 Å². The van der Waals surface area contributed by atoms with Crippen LogP contribution >= 0.6 is 0 Å². The molecule has 4 heteroatoms. The predicted molar refractivity (Wildman–Crippen MR) is 63.6 cm³/mol. The van der Waals surface area contributed by atoms with Crippen molar-refractivity contribution in [2.45, 2.75) is 33.4 Å².